The van der Waals surface area contributed by atoms with E-state index in [1.807, 2.05) is 6.92 Å². The van der Waals surface area contributed by atoms with Gasteiger partial charge in [0.15, 0.2) is 0 Å². The Morgan fingerprint density at radius 1 is 1.60 bits per heavy atom. The standard InChI is InChI=1S/C8H16O2/c1-3-4-7(9)5-8-6(2)10-8/h6-9H,3-5H2,1-2H3. The maximum absolute atomic E-state index is 9.30. The molecule has 0 amide bonds. The lowest BCUT2D eigenvalue weighted by atomic mass is 10.1. The van der Waals surface area contributed by atoms with Crippen molar-refractivity contribution < 1.29 is 9.84 Å². The van der Waals surface area contributed by atoms with E-state index >= 15 is 0 Å². The van der Waals surface area contributed by atoms with E-state index < -0.39 is 0 Å². The van der Waals surface area contributed by atoms with Crippen molar-refractivity contribution in [3.63, 3.8) is 0 Å². The fourth-order valence-electron chi connectivity index (χ4n) is 1.20. The molecule has 1 saturated heterocycles. The zero-order valence-corrected chi connectivity index (χ0v) is 6.71. The molecule has 2 nitrogen and oxygen atoms in total. The van der Waals surface area contributed by atoms with Crippen LogP contribution in [0, 0.1) is 0 Å². The zero-order valence-electron chi connectivity index (χ0n) is 6.71. The summed E-state index contributed by atoms with van der Waals surface area (Å²) in [5.41, 5.74) is 0. The van der Waals surface area contributed by atoms with Crippen LogP contribution in [0.2, 0.25) is 0 Å². The maximum atomic E-state index is 9.30. The van der Waals surface area contributed by atoms with Crippen LogP contribution in [0.3, 0.4) is 0 Å². The van der Waals surface area contributed by atoms with Gasteiger partial charge in [0, 0.05) is 6.42 Å². The summed E-state index contributed by atoms with van der Waals surface area (Å²) in [5.74, 6) is 0. The molecule has 1 rings (SSSR count). The smallest absolute Gasteiger partial charge is 0.0863 e. The van der Waals surface area contributed by atoms with Crippen molar-refractivity contribution in [1.29, 1.82) is 0 Å². The minimum atomic E-state index is -0.139. The summed E-state index contributed by atoms with van der Waals surface area (Å²) in [4.78, 5) is 0. The predicted octanol–water partition coefficient (Wildman–Crippen LogP) is 1.32. The first-order chi connectivity index (χ1) is 4.74. The first kappa shape index (κ1) is 8.02. The van der Waals surface area contributed by atoms with Gasteiger partial charge in [-0.05, 0) is 13.3 Å². The largest absolute Gasteiger partial charge is 0.393 e. The van der Waals surface area contributed by atoms with Crippen molar-refractivity contribution in [2.75, 3.05) is 0 Å². The van der Waals surface area contributed by atoms with Crippen molar-refractivity contribution in [2.45, 2.75) is 51.4 Å². The molecule has 1 aliphatic heterocycles. The van der Waals surface area contributed by atoms with Gasteiger partial charge in [-0.15, -0.1) is 0 Å². The molecule has 1 fully saturated rings. The van der Waals surface area contributed by atoms with Crippen LogP contribution in [-0.4, -0.2) is 23.4 Å². The molecule has 0 spiro atoms. The van der Waals surface area contributed by atoms with Gasteiger partial charge in [-0.25, -0.2) is 0 Å². The third kappa shape index (κ3) is 2.27. The summed E-state index contributed by atoms with van der Waals surface area (Å²) in [6.45, 7) is 4.13. The SMILES string of the molecule is CCCC(O)CC1OC1C. The lowest BCUT2D eigenvalue weighted by molar-refractivity contribution is 0.142. The van der Waals surface area contributed by atoms with E-state index in [2.05, 4.69) is 6.92 Å². The number of hydrogen-bond acceptors (Lipinski definition) is 2. The lowest BCUT2D eigenvalue weighted by Crippen LogP contribution is -2.09. The highest BCUT2D eigenvalue weighted by Crippen LogP contribution is 2.26. The van der Waals surface area contributed by atoms with Gasteiger partial charge in [0.05, 0.1) is 18.3 Å². The number of hydrogen-bond donors (Lipinski definition) is 1. The monoisotopic (exact) mass is 144 g/mol. The quantitative estimate of drug-likeness (QED) is 0.604. The molecule has 0 bridgehead atoms. The molecular weight excluding hydrogens is 128 g/mol. The lowest BCUT2D eigenvalue weighted by Gasteiger charge is -2.05. The fraction of sp³-hybridized carbons (Fsp3) is 1.00. The molecule has 1 N–H and O–H groups in total. The molecule has 1 aliphatic rings. The van der Waals surface area contributed by atoms with Gasteiger partial charge in [0.25, 0.3) is 0 Å². The van der Waals surface area contributed by atoms with Gasteiger partial charge in [-0.1, -0.05) is 13.3 Å². The highest BCUT2D eigenvalue weighted by atomic mass is 16.6. The highest BCUT2D eigenvalue weighted by molar-refractivity contribution is 4.82. The van der Waals surface area contributed by atoms with E-state index in [-0.39, 0.29) is 6.10 Å². The van der Waals surface area contributed by atoms with Crippen molar-refractivity contribution >= 4 is 0 Å². The van der Waals surface area contributed by atoms with Crippen LogP contribution >= 0.6 is 0 Å². The zero-order chi connectivity index (χ0) is 7.56. The maximum Gasteiger partial charge on any atom is 0.0863 e. The summed E-state index contributed by atoms with van der Waals surface area (Å²) in [6, 6.07) is 0. The Balaban J connectivity index is 2.01. The second kappa shape index (κ2) is 3.35. The minimum Gasteiger partial charge on any atom is -0.393 e. The van der Waals surface area contributed by atoms with Gasteiger partial charge in [-0.2, -0.15) is 0 Å². The van der Waals surface area contributed by atoms with Crippen molar-refractivity contribution in [3.05, 3.63) is 0 Å². The van der Waals surface area contributed by atoms with Crippen LogP contribution in [0.5, 0.6) is 0 Å². The van der Waals surface area contributed by atoms with Crippen molar-refractivity contribution in [1.82, 2.24) is 0 Å². The summed E-state index contributed by atoms with van der Waals surface area (Å²) >= 11 is 0. The number of rotatable bonds is 4. The van der Waals surface area contributed by atoms with Gasteiger partial charge in [-0.3, -0.25) is 0 Å². The number of ether oxygens (including phenoxy) is 1. The van der Waals surface area contributed by atoms with Gasteiger partial charge in [0.2, 0.25) is 0 Å². The Hall–Kier alpha value is -0.0800. The molecule has 0 radical (unpaired) electrons. The molecule has 0 aliphatic carbocycles. The van der Waals surface area contributed by atoms with Gasteiger partial charge < -0.3 is 9.84 Å². The molecule has 3 unspecified atom stereocenters. The van der Waals surface area contributed by atoms with E-state index in [1.165, 1.54) is 0 Å². The first-order valence-electron chi connectivity index (χ1n) is 4.07. The highest BCUT2D eigenvalue weighted by Gasteiger charge is 2.35. The molecular formula is C8H16O2. The Kier molecular flexibility index (Phi) is 2.69. The van der Waals surface area contributed by atoms with Crippen LogP contribution in [0.15, 0.2) is 0 Å². The van der Waals surface area contributed by atoms with Gasteiger partial charge in [0.1, 0.15) is 0 Å². The molecule has 60 valence electrons. The summed E-state index contributed by atoms with van der Waals surface area (Å²) < 4.78 is 5.17. The number of aliphatic hydroxyl groups is 1. The minimum absolute atomic E-state index is 0.139. The average Bonchev–Trinajstić information content (AvgIpc) is 2.47. The number of aliphatic hydroxyl groups excluding tert-OH is 1. The Bertz CT molecular complexity index is 103. The van der Waals surface area contributed by atoms with Crippen LogP contribution in [0.4, 0.5) is 0 Å². The summed E-state index contributed by atoms with van der Waals surface area (Å²) in [6.07, 6.45) is 3.40. The molecule has 1 heterocycles. The normalized spacial score (nSPS) is 33.9. The third-order valence-electron chi connectivity index (χ3n) is 1.96. The number of epoxide rings is 1. The molecule has 3 atom stereocenters. The molecule has 0 aromatic rings. The van der Waals surface area contributed by atoms with E-state index in [4.69, 9.17) is 4.74 Å². The molecule has 10 heavy (non-hydrogen) atoms. The molecule has 0 saturated carbocycles. The predicted molar refractivity (Wildman–Crippen MR) is 39.9 cm³/mol. The van der Waals surface area contributed by atoms with Crippen LogP contribution in [0.25, 0.3) is 0 Å². The third-order valence-corrected chi connectivity index (χ3v) is 1.96. The van der Waals surface area contributed by atoms with E-state index in [1.54, 1.807) is 0 Å². The van der Waals surface area contributed by atoms with Crippen molar-refractivity contribution in [3.8, 4) is 0 Å². The Morgan fingerprint density at radius 2 is 2.20 bits per heavy atom. The average molecular weight is 144 g/mol. The Morgan fingerprint density at radius 3 is 2.60 bits per heavy atom. The van der Waals surface area contributed by atoms with Crippen LogP contribution in [-0.2, 0) is 4.74 Å². The van der Waals surface area contributed by atoms with Crippen molar-refractivity contribution in [2.24, 2.45) is 0 Å². The van der Waals surface area contributed by atoms with E-state index in [0.29, 0.717) is 12.2 Å². The molecule has 0 aromatic heterocycles. The first-order valence-corrected chi connectivity index (χ1v) is 4.07. The van der Waals surface area contributed by atoms with Crippen LogP contribution in [0.1, 0.15) is 33.1 Å². The van der Waals surface area contributed by atoms with E-state index in [9.17, 15) is 5.11 Å². The van der Waals surface area contributed by atoms with Crippen LogP contribution < -0.4 is 0 Å². The Labute approximate surface area is 62.2 Å². The summed E-state index contributed by atoms with van der Waals surface area (Å²) in [7, 11) is 0. The summed E-state index contributed by atoms with van der Waals surface area (Å²) in [5, 5.41) is 9.30. The fourth-order valence-corrected chi connectivity index (χ4v) is 1.20. The molecule has 0 aromatic carbocycles. The van der Waals surface area contributed by atoms with Gasteiger partial charge >= 0.3 is 0 Å². The topological polar surface area (TPSA) is 32.8 Å². The second-order valence-electron chi connectivity index (χ2n) is 3.06. The second-order valence-corrected chi connectivity index (χ2v) is 3.06. The molecule has 2 heteroatoms. The van der Waals surface area contributed by atoms with E-state index in [0.717, 1.165) is 19.3 Å².